The predicted octanol–water partition coefficient (Wildman–Crippen LogP) is 7.16. The number of hydrogen-bond acceptors (Lipinski definition) is 4. The molecule has 0 atom stereocenters. The van der Waals surface area contributed by atoms with Crippen LogP contribution in [0.2, 0.25) is 0 Å². The minimum absolute atomic E-state index is 0.127. The van der Waals surface area contributed by atoms with Gasteiger partial charge in [0.25, 0.3) is 5.91 Å². The van der Waals surface area contributed by atoms with Crippen molar-refractivity contribution < 1.29 is 35.5 Å². The number of para-hydroxylation sites is 1. The molecule has 3 aromatic rings. The van der Waals surface area contributed by atoms with Crippen LogP contribution in [0.25, 0.3) is 5.69 Å². The number of rotatable bonds is 7. The van der Waals surface area contributed by atoms with E-state index in [1.807, 2.05) is 0 Å². The third kappa shape index (κ3) is 5.33. The number of alkyl halides is 7. The molecular weight excluding hydrogens is 643 g/mol. The van der Waals surface area contributed by atoms with Gasteiger partial charge in [0.15, 0.2) is 0 Å². The summed E-state index contributed by atoms with van der Waals surface area (Å²) in [5.41, 5.74) is -6.50. The van der Waals surface area contributed by atoms with Crippen LogP contribution >= 0.6 is 31.9 Å². The van der Waals surface area contributed by atoms with E-state index >= 15 is 0 Å². The fourth-order valence-corrected chi connectivity index (χ4v) is 4.95. The summed E-state index contributed by atoms with van der Waals surface area (Å²) in [6, 6.07) is 5.42. The molecule has 6 nitrogen and oxygen atoms in total. The van der Waals surface area contributed by atoms with E-state index in [-0.39, 0.29) is 11.3 Å². The molecule has 0 spiro atoms. The number of halogens is 9. The summed E-state index contributed by atoms with van der Waals surface area (Å²) in [6.07, 6.45) is -7.77. The fourth-order valence-electron chi connectivity index (χ4n) is 3.57. The highest BCUT2D eigenvalue weighted by Gasteiger charge is 2.73. The number of amides is 1. The van der Waals surface area contributed by atoms with Gasteiger partial charge in [-0.3, -0.25) is 4.79 Å². The van der Waals surface area contributed by atoms with Crippen molar-refractivity contribution in [3.63, 3.8) is 0 Å². The molecule has 1 amide bonds. The Bertz CT molecular complexity index is 1270. The summed E-state index contributed by atoms with van der Waals surface area (Å²) in [5.74, 6) is -0.300. The van der Waals surface area contributed by atoms with Crippen LogP contribution in [0.15, 0.2) is 51.9 Å². The second kappa shape index (κ2) is 9.89. The third-order valence-electron chi connectivity index (χ3n) is 5.68. The van der Waals surface area contributed by atoms with Crippen molar-refractivity contribution in [2.45, 2.75) is 30.9 Å². The molecule has 0 saturated heterocycles. The quantitative estimate of drug-likeness (QED) is 0.265. The van der Waals surface area contributed by atoms with E-state index in [9.17, 15) is 35.5 Å². The molecule has 1 aromatic heterocycles. The summed E-state index contributed by atoms with van der Waals surface area (Å²) >= 11 is 5.73. The zero-order chi connectivity index (χ0) is 27.2. The van der Waals surface area contributed by atoms with Crippen LogP contribution in [0.3, 0.4) is 0 Å². The lowest BCUT2D eigenvalue weighted by Crippen LogP contribution is -2.50. The number of benzene rings is 2. The Labute approximate surface area is 221 Å². The molecule has 37 heavy (non-hydrogen) atoms. The lowest BCUT2D eigenvalue weighted by atomic mass is 9.94. The van der Waals surface area contributed by atoms with Gasteiger partial charge in [-0.05, 0) is 74.9 Å². The Morgan fingerprint density at radius 3 is 2.14 bits per heavy atom. The minimum Gasteiger partial charge on any atom is -0.382 e. The number of nitrogens with zero attached hydrogens (tertiary/aromatic N) is 3. The monoisotopic (exact) mass is 657 g/mol. The smallest absolute Gasteiger partial charge is 0.382 e. The maximum atomic E-state index is 14.5. The maximum absolute atomic E-state index is 14.5. The van der Waals surface area contributed by atoms with Gasteiger partial charge in [-0.1, -0.05) is 6.07 Å². The highest BCUT2D eigenvalue weighted by Crippen LogP contribution is 2.54. The minimum atomic E-state index is -6.28. The molecule has 2 aromatic carbocycles. The Balaban J connectivity index is 1.70. The first-order valence-corrected chi connectivity index (χ1v) is 12.2. The van der Waals surface area contributed by atoms with Crippen LogP contribution in [0.4, 0.5) is 42.1 Å². The number of hydrogen-bond donors (Lipinski definition) is 2. The summed E-state index contributed by atoms with van der Waals surface area (Å²) in [6.45, 7) is 0.571. The lowest BCUT2D eigenvalue weighted by Gasteiger charge is -2.31. The van der Waals surface area contributed by atoms with Crippen molar-refractivity contribution in [1.29, 1.82) is 0 Å². The average molecular weight is 659 g/mol. The SMILES string of the molecule is O=C(Nc1c(Br)cc(C(F)(C(F)(F)F)C(F)(F)F)cc1Br)c1cccc(-n2cncn2)c1NCC1CC1. The Hall–Kier alpha value is -2.68. The van der Waals surface area contributed by atoms with Crippen LogP contribution in [0, 0.1) is 5.92 Å². The molecule has 2 N–H and O–H groups in total. The largest absolute Gasteiger partial charge is 0.435 e. The Kier molecular flexibility index (Phi) is 7.31. The number of nitrogens with one attached hydrogen (secondary N) is 2. The third-order valence-corrected chi connectivity index (χ3v) is 6.93. The van der Waals surface area contributed by atoms with Crippen molar-refractivity contribution >= 4 is 49.1 Å². The second-order valence-electron chi connectivity index (χ2n) is 8.29. The van der Waals surface area contributed by atoms with E-state index in [1.165, 1.54) is 23.4 Å². The average Bonchev–Trinajstić information content (AvgIpc) is 3.48. The van der Waals surface area contributed by atoms with E-state index in [0.29, 0.717) is 36.0 Å². The molecule has 15 heteroatoms. The fraction of sp³-hybridized carbons (Fsp3) is 0.318. The number of carbonyl (C=O) groups is 1. The molecule has 4 rings (SSSR count). The van der Waals surface area contributed by atoms with Gasteiger partial charge in [0.05, 0.1) is 22.6 Å². The standard InChI is InChI=1S/C22H16Br2F7N5O/c23-14-6-12(20(25,21(26,27)28)22(29,30)31)7-15(24)18(14)35-19(37)13-2-1-3-16(36-10-32-9-34-36)17(13)33-8-11-4-5-11/h1-3,6-7,9-11,33H,4-5,8H2,(H,35,37). The summed E-state index contributed by atoms with van der Waals surface area (Å²) in [5, 5.41) is 9.76. The van der Waals surface area contributed by atoms with Crippen LogP contribution < -0.4 is 10.6 Å². The molecule has 1 saturated carbocycles. The molecule has 0 aliphatic heterocycles. The zero-order valence-electron chi connectivity index (χ0n) is 18.4. The van der Waals surface area contributed by atoms with Gasteiger partial charge in [0.1, 0.15) is 12.7 Å². The summed E-state index contributed by atoms with van der Waals surface area (Å²) in [7, 11) is 0. The highest BCUT2D eigenvalue weighted by atomic mass is 79.9. The van der Waals surface area contributed by atoms with E-state index in [1.54, 1.807) is 12.1 Å². The Morgan fingerprint density at radius 2 is 1.62 bits per heavy atom. The second-order valence-corrected chi connectivity index (χ2v) is 10.00. The van der Waals surface area contributed by atoms with Gasteiger partial charge < -0.3 is 10.6 Å². The molecule has 0 bridgehead atoms. The van der Waals surface area contributed by atoms with Crippen LogP contribution in [-0.4, -0.2) is 39.6 Å². The van der Waals surface area contributed by atoms with Gasteiger partial charge >= 0.3 is 18.0 Å². The highest BCUT2D eigenvalue weighted by molar-refractivity contribution is 9.11. The van der Waals surface area contributed by atoms with Crippen LogP contribution in [0.5, 0.6) is 0 Å². The number of carbonyl (C=O) groups excluding carboxylic acids is 1. The maximum Gasteiger partial charge on any atom is 0.435 e. The molecule has 1 aliphatic rings. The number of aromatic nitrogens is 3. The van der Waals surface area contributed by atoms with E-state index in [0.717, 1.165) is 12.8 Å². The van der Waals surface area contributed by atoms with Crippen molar-refractivity contribution in [1.82, 2.24) is 14.8 Å². The Morgan fingerprint density at radius 1 is 1.00 bits per heavy atom. The van der Waals surface area contributed by atoms with E-state index in [4.69, 9.17) is 0 Å². The predicted molar refractivity (Wildman–Crippen MR) is 127 cm³/mol. The van der Waals surface area contributed by atoms with E-state index < -0.39 is 38.4 Å². The lowest BCUT2D eigenvalue weighted by molar-refractivity contribution is -0.348. The van der Waals surface area contributed by atoms with E-state index in [2.05, 4.69) is 52.6 Å². The number of anilines is 2. The molecule has 1 aliphatic carbocycles. The first kappa shape index (κ1) is 27.4. The van der Waals surface area contributed by atoms with Gasteiger partial charge in [0.2, 0.25) is 0 Å². The molecule has 198 valence electrons. The van der Waals surface area contributed by atoms with Crippen LogP contribution in [0.1, 0.15) is 28.8 Å². The molecule has 1 fully saturated rings. The summed E-state index contributed by atoms with van der Waals surface area (Å²) < 4.78 is 94.4. The van der Waals surface area contributed by atoms with Gasteiger partial charge in [-0.15, -0.1) is 0 Å². The van der Waals surface area contributed by atoms with Crippen molar-refractivity contribution in [3.8, 4) is 5.69 Å². The molecular formula is C22H16Br2F7N5O. The first-order chi connectivity index (χ1) is 17.2. The van der Waals surface area contributed by atoms with Crippen LogP contribution in [-0.2, 0) is 5.67 Å². The molecule has 0 unspecified atom stereocenters. The topological polar surface area (TPSA) is 71.8 Å². The summed E-state index contributed by atoms with van der Waals surface area (Å²) in [4.78, 5) is 17.1. The zero-order valence-corrected chi connectivity index (χ0v) is 21.6. The first-order valence-electron chi connectivity index (χ1n) is 10.6. The van der Waals surface area contributed by atoms with Gasteiger partial charge in [-0.25, -0.2) is 14.1 Å². The van der Waals surface area contributed by atoms with Crippen molar-refractivity contribution in [2.75, 3.05) is 17.2 Å². The molecule has 1 heterocycles. The molecule has 0 radical (unpaired) electrons. The van der Waals surface area contributed by atoms with Crippen molar-refractivity contribution in [3.05, 3.63) is 63.1 Å². The van der Waals surface area contributed by atoms with Gasteiger partial charge in [0, 0.05) is 21.1 Å². The normalized spacial score (nSPS) is 14.5. The van der Waals surface area contributed by atoms with Gasteiger partial charge in [-0.2, -0.15) is 31.4 Å². The van der Waals surface area contributed by atoms with Crippen molar-refractivity contribution in [2.24, 2.45) is 5.92 Å².